The molecule has 1 amide bonds. The van der Waals surface area contributed by atoms with Crippen LogP contribution in [0.5, 0.6) is 5.88 Å². The van der Waals surface area contributed by atoms with Crippen LogP contribution in [-0.4, -0.2) is 17.1 Å². The molecule has 2 aromatic rings. The van der Waals surface area contributed by atoms with Crippen molar-refractivity contribution in [3.05, 3.63) is 29.0 Å². The van der Waals surface area contributed by atoms with Crippen LogP contribution in [-0.2, 0) is 0 Å². The zero-order valence-corrected chi connectivity index (χ0v) is 13.0. The fourth-order valence-corrected chi connectivity index (χ4v) is 3.15. The Morgan fingerprint density at radius 3 is 2.77 bits per heavy atom. The van der Waals surface area contributed by atoms with Crippen molar-refractivity contribution in [2.45, 2.75) is 38.6 Å². The number of H-pyrrole nitrogens is 1. The van der Waals surface area contributed by atoms with Gasteiger partial charge in [-0.05, 0) is 43.7 Å². The van der Waals surface area contributed by atoms with Gasteiger partial charge in [0.05, 0.1) is 10.5 Å². The van der Waals surface area contributed by atoms with Crippen molar-refractivity contribution in [1.29, 1.82) is 0 Å². The molecule has 1 fully saturated rings. The summed E-state index contributed by atoms with van der Waals surface area (Å²) in [5.74, 6) is 0.538. The summed E-state index contributed by atoms with van der Waals surface area (Å²) in [5.41, 5.74) is 0.499. The maximum absolute atomic E-state index is 13.3. The van der Waals surface area contributed by atoms with Gasteiger partial charge in [-0.15, -0.1) is 0 Å². The number of ether oxygens (including phenoxy) is 1. The van der Waals surface area contributed by atoms with Crippen LogP contribution >= 0.6 is 11.6 Å². The van der Waals surface area contributed by atoms with Gasteiger partial charge in [0.2, 0.25) is 5.88 Å². The topological polar surface area (TPSA) is 54.1 Å². The molecule has 0 unspecified atom stereocenters. The van der Waals surface area contributed by atoms with Crippen LogP contribution in [0.2, 0.25) is 5.02 Å². The van der Waals surface area contributed by atoms with Crippen LogP contribution in [0.3, 0.4) is 0 Å². The van der Waals surface area contributed by atoms with E-state index in [1.54, 1.807) is 6.07 Å². The van der Waals surface area contributed by atoms with Crippen LogP contribution in [0.15, 0.2) is 18.2 Å². The molecule has 2 N–H and O–H groups in total. The number of benzene rings is 1. The highest BCUT2D eigenvalue weighted by Crippen LogP contribution is 2.29. The summed E-state index contributed by atoms with van der Waals surface area (Å²) in [6, 6.07) is 4.30. The van der Waals surface area contributed by atoms with Crippen LogP contribution in [0.1, 0.15) is 32.6 Å². The Morgan fingerprint density at radius 2 is 2.05 bits per heavy atom. The van der Waals surface area contributed by atoms with Crippen LogP contribution < -0.4 is 10.1 Å². The van der Waals surface area contributed by atoms with E-state index in [-0.39, 0.29) is 16.9 Å². The number of hydrogen-bond donors (Lipinski definition) is 2. The average Bonchev–Trinajstić information content (AvgIpc) is 2.84. The molecular weight excluding hydrogens is 307 g/mol. The average molecular weight is 325 g/mol. The van der Waals surface area contributed by atoms with E-state index in [2.05, 4.69) is 17.2 Å². The Bertz CT molecular complexity index is 693. The Balaban J connectivity index is 1.65. The third-order valence-electron chi connectivity index (χ3n) is 4.17. The zero-order chi connectivity index (χ0) is 15.7. The van der Waals surface area contributed by atoms with Crippen molar-refractivity contribution in [2.24, 2.45) is 5.92 Å². The first-order valence-electron chi connectivity index (χ1n) is 7.47. The highest BCUT2D eigenvalue weighted by molar-refractivity contribution is 6.35. The van der Waals surface area contributed by atoms with Crippen LogP contribution in [0.4, 0.5) is 9.18 Å². The Labute approximate surface area is 133 Å². The van der Waals surface area contributed by atoms with E-state index in [4.69, 9.17) is 16.3 Å². The van der Waals surface area contributed by atoms with Gasteiger partial charge in [0.25, 0.3) is 0 Å². The maximum Gasteiger partial charge on any atom is 0.414 e. The molecule has 6 heteroatoms. The van der Waals surface area contributed by atoms with Crippen molar-refractivity contribution in [3.63, 3.8) is 0 Å². The molecule has 0 bridgehead atoms. The summed E-state index contributed by atoms with van der Waals surface area (Å²) in [5, 5.41) is 3.77. The molecule has 118 valence electrons. The smallest absolute Gasteiger partial charge is 0.393 e. The first kappa shape index (κ1) is 15.2. The number of carbonyl (C=O) groups excluding carboxylic acids is 1. The van der Waals surface area contributed by atoms with Crippen molar-refractivity contribution < 1.29 is 13.9 Å². The number of halogens is 2. The molecule has 0 radical (unpaired) electrons. The quantitative estimate of drug-likeness (QED) is 0.846. The van der Waals surface area contributed by atoms with E-state index in [9.17, 15) is 9.18 Å². The molecule has 1 aromatic carbocycles. The first-order valence-corrected chi connectivity index (χ1v) is 7.85. The lowest BCUT2D eigenvalue weighted by atomic mass is 9.87. The summed E-state index contributed by atoms with van der Waals surface area (Å²) < 4.78 is 18.5. The van der Waals surface area contributed by atoms with Crippen molar-refractivity contribution in [1.82, 2.24) is 10.3 Å². The van der Waals surface area contributed by atoms with Crippen LogP contribution in [0.25, 0.3) is 10.9 Å². The van der Waals surface area contributed by atoms with E-state index >= 15 is 0 Å². The lowest BCUT2D eigenvalue weighted by Gasteiger charge is -2.26. The predicted octanol–water partition coefficient (Wildman–Crippen LogP) is 4.63. The Hall–Kier alpha value is -1.75. The minimum absolute atomic E-state index is 0.161. The normalized spacial score (nSPS) is 21.8. The number of fused-ring (bicyclic) bond motifs is 1. The molecule has 0 saturated heterocycles. The summed E-state index contributed by atoms with van der Waals surface area (Å²) in [7, 11) is 0. The van der Waals surface area contributed by atoms with E-state index in [0.29, 0.717) is 10.9 Å². The number of amides is 1. The number of aromatic nitrogens is 1. The molecule has 1 aliphatic carbocycles. The summed E-state index contributed by atoms with van der Waals surface area (Å²) in [6.45, 7) is 2.22. The molecule has 22 heavy (non-hydrogen) atoms. The third kappa shape index (κ3) is 3.35. The minimum Gasteiger partial charge on any atom is -0.393 e. The molecule has 1 aromatic heterocycles. The van der Waals surface area contributed by atoms with Crippen molar-refractivity contribution in [3.8, 4) is 5.88 Å². The highest BCUT2D eigenvalue weighted by atomic mass is 35.5. The molecule has 4 nitrogen and oxygen atoms in total. The largest absolute Gasteiger partial charge is 0.414 e. The molecule has 1 aliphatic rings. The van der Waals surface area contributed by atoms with Crippen molar-refractivity contribution in [2.75, 3.05) is 0 Å². The van der Waals surface area contributed by atoms with Gasteiger partial charge < -0.3 is 15.0 Å². The third-order valence-corrected chi connectivity index (χ3v) is 4.48. The minimum atomic E-state index is -0.497. The SMILES string of the molecule is CC1CCC(NC(=O)Oc2cc3c(Cl)cc(F)cc3[nH]2)CC1. The first-order chi connectivity index (χ1) is 10.5. The number of hydrogen-bond acceptors (Lipinski definition) is 2. The number of carbonyl (C=O) groups is 1. The second-order valence-corrected chi connectivity index (χ2v) is 6.38. The number of nitrogens with one attached hydrogen (secondary N) is 2. The molecule has 1 saturated carbocycles. The zero-order valence-electron chi connectivity index (χ0n) is 12.3. The van der Waals surface area contributed by atoms with E-state index in [1.807, 2.05) is 0 Å². The van der Waals surface area contributed by atoms with Gasteiger partial charge in [-0.25, -0.2) is 9.18 Å². The Kier molecular flexibility index (Phi) is 4.25. The summed E-state index contributed by atoms with van der Waals surface area (Å²) in [6.07, 6.45) is 3.68. The maximum atomic E-state index is 13.3. The standard InChI is InChI=1S/C16H18ClFN2O2/c1-9-2-4-11(5-3-9)19-16(21)22-15-8-12-13(17)6-10(18)7-14(12)20-15/h6-9,11,20H,2-5H2,1H3,(H,19,21). The second-order valence-electron chi connectivity index (χ2n) is 5.97. The predicted molar refractivity (Wildman–Crippen MR) is 83.8 cm³/mol. The van der Waals surface area contributed by atoms with Gasteiger partial charge in [0.1, 0.15) is 5.82 Å². The van der Waals surface area contributed by atoms with E-state index in [1.165, 1.54) is 12.1 Å². The van der Waals surface area contributed by atoms with Crippen LogP contribution in [0, 0.1) is 11.7 Å². The lowest BCUT2D eigenvalue weighted by molar-refractivity contribution is 0.187. The molecule has 0 aliphatic heterocycles. The van der Waals surface area contributed by atoms with Gasteiger partial charge in [0, 0.05) is 17.5 Å². The summed E-state index contributed by atoms with van der Waals surface area (Å²) >= 11 is 5.97. The number of rotatable bonds is 2. The van der Waals surface area contributed by atoms with Gasteiger partial charge in [0.15, 0.2) is 0 Å². The van der Waals surface area contributed by atoms with Gasteiger partial charge in [-0.2, -0.15) is 0 Å². The van der Waals surface area contributed by atoms with E-state index < -0.39 is 11.9 Å². The molecule has 0 spiro atoms. The lowest BCUT2D eigenvalue weighted by Crippen LogP contribution is -2.39. The summed E-state index contributed by atoms with van der Waals surface area (Å²) in [4.78, 5) is 14.8. The molecule has 3 rings (SSSR count). The fraction of sp³-hybridized carbons (Fsp3) is 0.438. The second kappa shape index (κ2) is 6.16. The fourth-order valence-electron chi connectivity index (χ4n) is 2.89. The molecular formula is C16H18ClFN2O2. The van der Waals surface area contributed by atoms with E-state index in [0.717, 1.165) is 31.6 Å². The molecule has 1 heterocycles. The van der Waals surface area contributed by atoms with Gasteiger partial charge >= 0.3 is 6.09 Å². The van der Waals surface area contributed by atoms with Gasteiger partial charge in [-0.1, -0.05) is 18.5 Å². The highest BCUT2D eigenvalue weighted by Gasteiger charge is 2.21. The number of aromatic amines is 1. The van der Waals surface area contributed by atoms with Gasteiger partial charge in [-0.3, -0.25) is 0 Å². The Morgan fingerprint density at radius 1 is 1.32 bits per heavy atom. The monoisotopic (exact) mass is 324 g/mol. The molecule has 0 atom stereocenters. The van der Waals surface area contributed by atoms with Crippen molar-refractivity contribution >= 4 is 28.6 Å².